The van der Waals surface area contributed by atoms with Crippen LogP contribution in [0.2, 0.25) is 0 Å². The number of pyridine rings is 1. The average molecular weight is 226 g/mol. The van der Waals surface area contributed by atoms with Gasteiger partial charge >= 0.3 is 0 Å². The molecule has 2 N–H and O–H groups in total. The topological polar surface area (TPSA) is 62.2 Å². The highest BCUT2D eigenvalue weighted by Crippen LogP contribution is 2.19. The molecule has 0 atom stereocenters. The lowest BCUT2D eigenvalue weighted by Crippen LogP contribution is -2.28. The Morgan fingerprint density at radius 2 is 2.19 bits per heavy atom. The van der Waals surface area contributed by atoms with Crippen molar-refractivity contribution in [2.24, 2.45) is 5.41 Å². The fraction of sp³-hybridized carbons (Fsp3) is 0.455. The minimum Gasteiger partial charge on any atom is -0.392 e. The highest BCUT2D eigenvalue weighted by molar-refractivity contribution is 5.94. The van der Waals surface area contributed by atoms with Gasteiger partial charge in [-0.25, -0.2) is 9.37 Å². The van der Waals surface area contributed by atoms with E-state index in [9.17, 15) is 9.18 Å². The summed E-state index contributed by atoms with van der Waals surface area (Å²) in [7, 11) is 0. The van der Waals surface area contributed by atoms with Crippen LogP contribution < -0.4 is 5.32 Å². The Bertz CT molecular complexity index is 399. The smallest absolute Gasteiger partial charge is 0.230 e. The molecule has 0 unspecified atom stereocenters. The lowest BCUT2D eigenvalue weighted by molar-refractivity contribution is -0.123. The molecule has 0 saturated carbocycles. The largest absolute Gasteiger partial charge is 0.392 e. The molecule has 0 fully saturated rings. The van der Waals surface area contributed by atoms with Crippen LogP contribution >= 0.6 is 0 Å². The number of nitrogens with one attached hydrogen (secondary N) is 1. The number of nitrogens with zero attached hydrogens (tertiary/aromatic N) is 1. The van der Waals surface area contributed by atoms with Crippen molar-refractivity contribution in [3.05, 3.63) is 23.6 Å². The first-order valence-electron chi connectivity index (χ1n) is 4.91. The summed E-state index contributed by atoms with van der Waals surface area (Å²) in [6.07, 6.45) is 0.997. The average Bonchev–Trinajstić information content (AvgIpc) is 2.19. The number of amides is 1. The molecule has 0 saturated heterocycles. The maximum absolute atomic E-state index is 12.8. The van der Waals surface area contributed by atoms with Gasteiger partial charge in [0.2, 0.25) is 5.91 Å². The molecule has 0 spiro atoms. The van der Waals surface area contributed by atoms with Crippen LogP contribution in [-0.4, -0.2) is 16.0 Å². The molecule has 16 heavy (non-hydrogen) atoms. The van der Waals surface area contributed by atoms with Gasteiger partial charge in [0, 0.05) is 11.0 Å². The third-order valence-corrected chi connectivity index (χ3v) is 2.02. The Morgan fingerprint density at radius 1 is 1.56 bits per heavy atom. The van der Waals surface area contributed by atoms with Crippen LogP contribution in [0.25, 0.3) is 0 Å². The van der Waals surface area contributed by atoms with Crippen molar-refractivity contribution in [2.75, 3.05) is 5.32 Å². The fourth-order valence-corrected chi connectivity index (χ4v) is 1.01. The number of carbonyl (C=O) groups is 1. The van der Waals surface area contributed by atoms with Crippen molar-refractivity contribution in [3.63, 3.8) is 0 Å². The van der Waals surface area contributed by atoms with E-state index in [0.717, 1.165) is 12.3 Å². The zero-order valence-corrected chi connectivity index (χ0v) is 9.54. The number of aliphatic hydroxyl groups is 1. The molecular formula is C11H15FN2O2. The van der Waals surface area contributed by atoms with E-state index in [2.05, 4.69) is 10.3 Å². The van der Waals surface area contributed by atoms with Crippen molar-refractivity contribution in [3.8, 4) is 0 Å². The molecule has 1 aromatic rings. The number of rotatable bonds is 2. The quantitative estimate of drug-likeness (QED) is 0.806. The maximum Gasteiger partial charge on any atom is 0.230 e. The number of anilines is 1. The Balaban J connectivity index is 2.93. The van der Waals surface area contributed by atoms with Gasteiger partial charge in [0.25, 0.3) is 0 Å². The Labute approximate surface area is 93.5 Å². The van der Waals surface area contributed by atoms with Gasteiger partial charge in [-0.1, -0.05) is 20.8 Å². The molecule has 1 amide bonds. The van der Waals surface area contributed by atoms with Crippen molar-refractivity contribution < 1.29 is 14.3 Å². The van der Waals surface area contributed by atoms with Gasteiger partial charge in [-0.15, -0.1) is 0 Å². The van der Waals surface area contributed by atoms with Crippen molar-refractivity contribution in [2.45, 2.75) is 27.4 Å². The summed E-state index contributed by atoms with van der Waals surface area (Å²) in [4.78, 5) is 15.4. The Kier molecular flexibility index (Phi) is 3.59. The fourth-order valence-electron chi connectivity index (χ4n) is 1.01. The lowest BCUT2D eigenvalue weighted by atomic mass is 9.95. The van der Waals surface area contributed by atoms with Crippen LogP contribution in [0.5, 0.6) is 0 Å². The second-order valence-corrected chi connectivity index (χ2v) is 4.52. The maximum atomic E-state index is 12.8. The molecule has 88 valence electrons. The molecule has 5 heteroatoms. The van der Waals surface area contributed by atoms with E-state index in [1.807, 2.05) is 0 Å². The van der Waals surface area contributed by atoms with E-state index >= 15 is 0 Å². The predicted molar refractivity (Wildman–Crippen MR) is 58.2 cm³/mol. The second kappa shape index (κ2) is 4.57. The van der Waals surface area contributed by atoms with Gasteiger partial charge in [-0.05, 0) is 6.07 Å². The lowest BCUT2D eigenvalue weighted by Gasteiger charge is -2.18. The van der Waals surface area contributed by atoms with Crippen LogP contribution in [0.1, 0.15) is 26.3 Å². The van der Waals surface area contributed by atoms with Crippen molar-refractivity contribution >= 4 is 11.7 Å². The molecule has 0 aromatic carbocycles. The summed E-state index contributed by atoms with van der Waals surface area (Å²) in [6, 6.07) is 1.14. The first-order chi connectivity index (χ1) is 7.34. The zero-order valence-electron chi connectivity index (χ0n) is 9.54. The van der Waals surface area contributed by atoms with Gasteiger partial charge in [0.15, 0.2) is 0 Å². The molecule has 0 aliphatic carbocycles. The summed E-state index contributed by atoms with van der Waals surface area (Å²) in [5.41, 5.74) is -0.305. The highest BCUT2D eigenvalue weighted by atomic mass is 19.1. The van der Waals surface area contributed by atoms with Crippen LogP contribution in [-0.2, 0) is 11.4 Å². The Morgan fingerprint density at radius 3 is 2.69 bits per heavy atom. The predicted octanol–water partition coefficient (Wildman–Crippen LogP) is 1.70. The van der Waals surface area contributed by atoms with Crippen LogP contribution in [0.4, 0.5) is 10.2 Å². The normalized spacial score (nSPS) is 11.3. The first-order valence-corrected chi connectivity index (χ1v) is 4.91. The van der Waals surface area contributed by atoms with Gasteiger partial charge in [0.1, 0.15) is 11.6 Å². The van der Waals surface area contributed by atoms with Gasteiger partial charge in [0.05, 0.1) is 12.8 Å². The van der Waals surface area contributed by atoms with E-state index in [1.165, 1.54) is 0 Å². The third kappa shape index (κ3) is 3.00. The van der Waals surface area contributed by atoms with Gasteiger partial charge in [-0.2, -0.15) is 0 Å². The standard InChI is InChI=1S/C11H15FN2O2/c1-11(2,3)10(16)14-9-7(6-15)4-8(12)5-13-9/h4-5,15H,6H2,1-3H3,(H,13,14,16). The van der Waals surface area contributed by atoms with E-state index in [4.69, 9.17) is 5.11 Å². The number of aliphatic hydroxyl groups excluding tert-OH is 1. The summed E-state index contributed by atoms with van der Waals surface area (Å²) < 4.78 is 12.8. The number of hydrogen-bond acceptors (Lipinski definition) is 3. The molecule has 0 bridgehead atoms. The van der Waals surface area contributed by atoms with Crippen LogP contribution in [0.3, 0.4) is 0 Å². The number of halogens is 1. The molecule has 1 aromatic heterocycles. The zero-order chi connectivity index (χ0) is 12.3. The molecule has 1 rings (SSSR count). The molecule has 4 nitrogen and oxygen atoms in total. The van der Waals surface area contributed by atoms with Gasteiger partial charge in [-0.3, -0.25) is 4.79 Å². The van der Waals surface area contributed by atoms with E-state index in [1.54, 1.807) is 20.8 Å². The van der Waals surface area contributed by atoms with Crippen molar-refractivity contribution in [1.82, 2.24) is 4.98 Å². The minimum atomic E-state index is -0.567. The number of carbonyl (C=O) groups excluding carboxylic acids is 1. The second-order valence-electron chi connectivity index (χ2n) is 4.52. The summed E-state index contributed by atoms with van der Waals surface area (Å²) in [5.74, 6) is -0.581. The third-order valence-electron chi connectivity index (χ3n) is 2.02. The SMILES string of the molecule is CC(C)(C)C(=O)Nc1ncc(F)cc1CO. The molecule has 0 aliphatic heterocycles. The highest BCUT2D eigenvalue weighted by Gasteiger charge is 2.22. The molecule has 0 aliphatic rings. The first kappa shape index (κ1) is 12.6. The summed E-state index contributed by atoms with van der Waals surface area (Å²) in [5, 5.41) is 11.6. The van der Waals surface area contributed by atoms with E-state index in [-0.39, 0.29) is 23.9 Å². The van der Waals surface area contributed by atoms with E-state index < -0.39 is 11.2 Å². The molecule has 0 radical (unpaired) electrons. The van der Waals surface area contributed by atoms with Gasteiger partial charge < -0.3 is 10.4 Å². The Hall–Kier alpha value is -1.49. The summed E-state index contributed by atoms with van der Waals surface area (Å²) >= 11 is 0. The monoisotopic (exact) mass is 226 g/mol. The number of hydrogen-bond donors (Lipinski definition) is 2. The van der Waals surface area contributed by atoms with Crippen LogP contribution in [0, 0.1) is 11.2 Å². The molecule has 1 heterocycles. The van der Waals surface area contributed by atoms with Crippen molar-refractivity contribution in [1.29, 1.82) is 0 Å². The minimum absolute atomic E-state index is 0.198. The van der Waals surface area contributed by atoms with Crippen LogP contribution in [0.15, 0.2) is 12.3 Å². The molecular weight excluding hydrogens is 211 g/mol. The summed E-state index contributed by atoms with van der Waals surface area (Å²) in [6.45, 7) is 4.89. The van der Waals surface area contributed by atoms with E-state index in [0.29, 0.717) is 0 Å². The number of aromatic nitrogens is 1.